The van der Waals surface area contributed by atoms with E-state index < -0.39 is 0 Å². The van der Waals surface area contributed by atoms with Crippen molar-refractivity contribution in [2.45, 2.75) is 25.5 Å². The minimum absolute atomic E-state index is 0.119. The van der Waals surface area contributed by atoms with E-state index in [-0.39, 0.29) is 6.10 Å². The van der Waals surface area contributed by atoms with E-state index in [1.807, 2.05) is 24.3 Å². The van der Waals surface area contributed by atoms with Crippen molar-refractivity contribution in [2.75, 3.05) is 20.2 Å². The van der Waals surface area contributed by atoms with E-state index in [0.717, 1.165) is 54.5 Å². The van der Waals surface area contributed by atoms with Crippen LogP contribution in [0.25, 0.3) is 10.6 Å². The number of ether oxygens (including phenoxy) is 1. The van der Waals surface area contributed by atoms with Crippen molar-refractivity contribution in [1.82, 2.24) is 9.88 Å². The Labute approximate surface area is 129 Å². The maximum Gasteiger partial charge on any atom is 0.123 e. The first-order chi connectivity index (χ1) is 10.2. The summed E-state index contributed by atoms with van der Waals surface area (Å²) in [5.74, 6) is 0.863. The van der Waals surface area contributed by atoms with Gasteiger partial charge in [0.05, 0.1) is 18.9 Å². The van der Waals surface area contributed by atoms with Crippen LogP contribution in [0.4, 0.5) is 0 Å². The lowest BCUT2D eigenvalue weighted by Gasteiger charge is -2.28. The van der Waals surface area contributed by atoms with E-state index in [4.69, 9.17) is 9.72 Å². The number of aromatic nitrogens is 1. The number of aliphatic hydroxyl groups is 1. The standard InChI is InChI=1S/C16H20N2O2S/c1-20-15-4-2-12(3-5-15)16-17-13(11-21-16)10-18-8-6-14(19)7-9-18/h2-5,11,14,19H,6-10H2,1H3. The number of hydrogen-bond donors (Lipinski definition) is 1. The molecule has 1 aliphatic rings. The second kappa shape index (κ2) is 6.56. The highest BCUT2D eigenvalue weighted by molar-refractivity contribution is 7.13. The van der Waals surface area contributed by atoms with Crippen LogP contribution in [0.5, 0.6) is 5.75 Å². The van der Waals surface area contributed by atoms with Crippen LogP contribution < -0.4 is 4.74 Å². The zero-order chi connectivity index (χ0) is 14.7. The number of hydrogen-bond acceptors (Lipinski definition) is 5. The second-order valence-electron chi connectivity index (χ2n) is 5.38. The Balaban J connectivity index is 1.65. The van der Waals surface area contributed by atoms with Gasteiger partial charge in [-0.3, -0.25) is 4.90 Å². The molecule has 1 saturated heterocycles. The van der Waals surface area contributed by atoms with E-state index >= 15 is 0 Å². The lowest BCUT2D eigenvalue weighted by Crippen LogP contribution is -2.35. The Morgan fingerprint density at radius 1 is 1.29 bits per heavy atom. The Hall–Kier alpha value is -1.43. The third kappa shape index (κ3) is 3.61. The zero-order valence-electron chi connectivity index (χ0n) is 12.2. The fraction of sp³-hybridized carbons (Fsp3) is 0.438. The van der Waals surface area contributed by atoms with E-state index in [9.17, 15) is 5.11 Å². The predicted molar refractivity (Wildman–Crippen MR) is 84.6 cm³/mol. The first-order valence-electron chi connectivity index (χ1n) is 7.24. The van der Waals surface area contributed by atoms with Crippen LogP contribution in [0.3, 0.4) is 0 Å². The summed E-state index contributed by atoms with van der Waals surface area (Å²) in [6.45, 7) is 2.78. The lowest BCUT2D eigenvalue weighted by molar-refractivity contribution is 0.0787. The minimum atomic E-state index is -0.119. The fourth-order valence-electron chi connectivity index (χ4n) is 2.55. The van der Waals surface area contributed by atoms with Crippen molar-refractivity contribution in [3.8, 4) is 16.3 Å². The summed E-state index contributed by atoms with van der Waals surface area (Å²) in [5.41, 5.74) is 2.24. The van der Waals surface area contributed by atoms with Crippen LogP contribution in [0.1, 0.15) is 18.5 Å². The van der Waals surface area contributed by atoms with Gasteiger partial charge >= 0.3 is 0 Å². The van der Waals surface area contributed by atoms with Gasteiger partial charge in [0.2, 0.25) is 0 Å². The predicted octanol–water partition coefficient (Wildman–Crippen LogP) is 2.78. The van der Waals surface area contributed by atoms with E-state index in [0.29, 0.717) is 0 Å². The molecule has 1 aromatic carbocycles. The average molecular weight is 304 g/mol. The van der Waals surface area contributed by atoms with E-state index in [2.05, 4.69) is 10.3 Å². The Kier molecular flexibility index (Phi) is 4.53. The molecule has 0 saturated carbocycles. The maximum atomic E-state index is 9.54. The Morgan fingerprint density at radius 3 is 2.67 bits per heavy atom. The monoisotopic (exact) mass is 304 g/mol. The Morgan fingerprint density at radius 2 is 2.00 bits per heavy atom. The largest absolute Gasteiger partial charge is 0.497 e. The summed E-state index contributed by atoms with van der Waals surface area (Å²) in [4.78, 5) is 7.08. The molecular weight excluding hydrogens is 284 g/mol. The summed E-state index contributed by atoms with van der Waals surface area (Å²) < 4.78 is 5.18. The number of nitrogens with zero attached hydrogens (tertiary/aromatic N) is 2. The SMILES string of the molecule is COc1ccc(-c2nc(CN3CCC(O)CC3)cs2)cc1. The van der Waals surface area contributed by atoms with Crippen molar-refractivity contribution in [2.24, 2.45) is 0 Å². The highest BCUT2D eigenvalue weighted by atomic mass is 32.1. The van der Waals surface area contributed by atoms with Gasteiger partial charge in [-0.2, -0.15) is 0 Å². The van der Waals surface area contributed by atoms with Gasteiger partial charge in [0.15, 0.2) is 0 Å². The quantitative estimate of drug-likeness (QED) is 0.943. The molecule has 21 heavy (non-hydrogen) atoms. The summed E-state index contributed by atoms with van der Waals surface area (Å²) in [6.07, 6.45) is 1.62. The summed E-state index contributed by atoms with van der Waals surface area (Å²) >= 11 is 1.68. The minimum Gasteiger partial charge on any atom is -0.497 e. The zero-order valence-corrected chi connectivity index (χ0v) is 13.0. The van der Waals surface area contributed by atoms with Gasteiger partial charge in [0.1, 0.15) is 10.8 Å². The molecule has 0 amide bonds. The van der Waals surface area contributed by atoms with Crippen molar-refractivity contribution in [1.29, 1.82) is 0 Å². The molecular formula is C16H20N2O2S. The topological polar surface area (TPSA) is 45.6 Å². The molecule has 5 heteroatoms. The third-order valence-corrected chi connectivity index (χ3v) is 4.77. The highest BCUT2D eigenvalue weighted by Gasteiger charge is 2.17. The normalized spacial score (nSPS) is 17.0. The highest BCUT2D eigenvalue weighted by Crippen LogP contribution is 2.26. The molecule has 4 nitrogen and oxygen atoms in total. The molecule has 1 N–H and O–H groups in total. The van der Waals surface area contributed by atoms with Gasteiger partial charge in [0, 0.05) is 30.6 Å². The molecule has 0 bridgehead atoms. The number of rotatable bonds is 4. The van der Waals surface area contributed by atoms with Crippen LogP contribution in [0, 0.1) is 0 Å². The average Bonchev–Trinajstić information content (AvgIpc) is 2.98. The molecule has 0 aliphatic carbocycles. The Bertz CT molecular complexity index is 574. The lowest BCUT2D eigenvalue weighted by atomic mass is 10.1. The first-order valence-corrected chi connectivity index (χ1v) is 8.12. The molecule has 1 aliphatic heterocycles. The van der Waals surface area contributed by atoms with Gasteiger partial charge in [-0.15, -0.1) is 11.3 Å². The molecule has 2 heterocycles. The number of likely N-dealkylation sites (tertiary alicyclic amines) is 1. The molecule has 112 valence electrons. The van der Waals surface area contributed by atoms with Crippen LogP contribution in [-0.4, -0.2) is 41.3 Å². The van der Waals surface area contributed by atoms with Gasteiger partial charge in [-0.1, -0.05) is 0 Å². The van der Waals surface area contributed by atoms with Gasteiger partial charge in [0.25, 0.3) is 0 Å². The molecule has 2 aromatic rings. The fourth-order valence-corrected chi connectivity index (χ4v) is 3.37. The molecule has 0 spiro atoms. The second-order valence-corrected chi connectivity index (χ2v) is 6.24. The molecule has 3 rings (SSSR count). The number of benzene rings is 1. The van der Waals surface area contributed by atoms with Gasteiger partial charge < -0.3 is 9.84 Å². The third-order valence-electron chi connectivity index (χ3n) is 3.83. The van der Waals surface area contributed by atoms with Crippen molar-refractivity contribution < 1.29 is 9.84 Å². The van der Waals surface area contributed by atoms with Crippen LogP contribution in [0.15, 0.2) is 29.6 Å². The summed E-state index contributed by atoms with van der Waals surface area (Å²) in [7, 11) is 1.67. The van der Waals surface area contributed by atoms with Crippen molar-refractivity contribution in [3.05, 3.63) is 35.3 Å². The number of piperidine rings is 1. The summed E-state index contributed by atoms with van der Waals surface area (Å²) in [6, 6.07) is 8.00. The van der Waals surface area contributed by atoms with E-state index in [1.165, 1.54) is 0 Å². The number of aliphatic hydroxyl groups excluding tert-OH is 1. The number of thiazole rings is 1. The summed E-state index contributed by atoms with van der Waals surface area (Å²) in [5, 5.41) is 12.7. The van der Waals surface area contributed by atoms with Crippen LogP contribution >= 0.6 is 11.3 Å². The molecule has 0 radical (unpaired) electrons. The van der Waals surface area contributed by atoms with Gasteiger partial charge in [-0.05, 0) is 37.1 Å². The van der Waals surface area contributed by atoms with Crippen LogP contribution in [0.2, 0.25) is 0 Å². The molecule has 1 fully saturated rings. The first kappa shape index (κ1) is 14.5. The van der Waals surface area contributed by atoms with Gasteiger partial charge in [-0.25, -0.2) is 4.98 Å². The smallest absolute Gasteiger partial charge is 0.123 e. The van der Waals surface area contributed by atoms with Crippen LogP contribution in [-0.2, 0) is 6.54 Å². The van der Waals surface area contributed by atoms with E-state index in [1.54, 1.807) is 18.4 Å². The number of methoxy groups -OCH3 is 1. The molecule has 1 aromatic heterocycles. The van der Waals surface area contributed by atoms with Crippen molar-refractivity contribution >= 4 is 11.3 Å². The maximum absolute atomic E-state index is 9.54. The van der Waals surface area contributed by atoms with Crippen molar-refractivity contribution in [3.63, 3.8) is 0 Å². The molecule has 0 atom stereocenters. The molecule has 0 unspecified atom stereocenters.